The molecule has 108 valence electrons. The van der Waals surface area contributed by atoms with E-state index in [1.807, 2.05) is 11.6 Å². The zero-order valence-corrected chi connectivity index (χ0v) is 13.8. The van der Waals surface area contributed by atoms with Crippen LogP contribution in [-0.2, 0) is 13.0 Å². The molecule has 0 radical (unpaired) electrons. The number of hydrogen-bond donors (Lipinski definition) is 1. The van der Waals surface area contributed by atoms with Crippen molar-refractivity contribution < 1.29 is 5.11 Å². The molecule has 0 saturated heterocycles. The Morgan fingerprint density at radius 1 is 1.47 bits per heavy atom. The first-order valence-corrected chi connectivity index (χ1v) is 8.22. The van der Waals surface area contributed by atoms with Crippen molar-refractivity contribution >= 4 is 15.9 Å². The minimum Gasteiger partial charge on any atom is -0.392 e. The van der Waals surface area contributed by atoms with Gasteiger partial charge in [0.15, 0.2) is 0 Å². The molecule has 1 heterocycles. The highest BCUT2D eigenvalue weighted by Gasteiger charge is 2.27. The van der Waals surface area contributed by atoms with Gasteiger partial charge in [0.2, 0.25) is 0 Å². The molecule has 0 amide bonds. The van der Waals surface area contributed by atoms with Gasteiger partial charge in [-0.25, -0.2) is 0 Å². The van der Waals surface area contributed by atoms with Crippen molar-refractivity contribution in [3.8, 4) is 0 Å². The summed E-state index contributed by atoms with van der Waals surface area (Å²) in [4.78, 5) is 0. The largest absolute Gasteiger partial charge is 0.392 e. The smallest absolute Gasteiger partial charge is 0.0738 e. The summed E-state index contributed by atoms with van der Waals surface area (Å²) in [6.45, 7) is 7.26. The summed E-state index contributed by atoms with van der Waals surface area (Å²) in [5.41, 5.74) is 2.16. The molecule has 1 aliphatic rings. The predicted molar refractivity (Wildman–Crippen MR) is 81.2 cm³/mol. The first-order chi connectivity index (χ1) is 9.02. The summed E-state index contributed by atoms with van der Waals surface area (Å²) in [5.74, 6) is 1.21. The Balaban J connectivity index is 2.07. The summed E-state index contributed by atoms with van der Waals surface area (Å²) in [5, 5.41) is 15.0. The fourth-order valence-electron chi connectivity index (χ4n) is 3.26. The Hall–Kier alpha value is -0.350. The van der Waals surface area contributed by atoms with Crippen LogP contribution in [-0.4, -0.2) is 21.0 Å². The first kappa shape index (κ1) is 15.0. The standard InChI is InChI=1S/C15H25BrN2O/c1-4-18-13(15(16)11(3)17-18)9-14(19)12-7-5-6-10(2)8-12/h10,12,14,19H,4-9H2,1-3H3. The van der Waals surface area contributed by atoms with Crippen molar-refractivity contribution in [2.24, 2.45) is 11.8 Å². The Labute approximate surface area is 124 Å². The molecule has 1 saturated carbocycles. The van der Waals surface area contributed by atoms with Crippen molar-refractivity contribution in [2.75, 3.05) is 0 Å². The van der Waals surface area contributed by atoms with E-state index < -0.39 is 0 Å². The lowest BCUT2D eigenvalue weighted by atomic mass is 9.78. The van der Waals surface area contributed by atoms with Crippen molar-refractivity contribution in [1.29, 1.82) is 0 Å². The number of aliphatic hydroxyl groups is 1. The highest BCUT2D eigenvalue weighted by molar-refractivity contribution is 9.10. The van der Waals surface area contributed by atoms with Gasteiger partial charge in [0.25, 0.3) is 0 Å². The number of aromatic nitrogens is 2. The molecule has 3 atom stereocenters. The summed E-state index contributed by atoms with van der Waals surface area (Å²) in [7, 11) is 0. The summed E-state index contributed by atoms with van der Waals surface area (Å²) in [6.07, 6.45) is 5.39. The van der Waals surface area contributed by atoms with Gasteiger partial charge in [-0.2, -0.15) is 5.10 Å². The number of hydrogen-bond acceptors (Lipinski definition) is 2. The molecule has 1 N–H and O–H groups in total. The second-order valence-corrected chi connectivity index (χ2v) is 6.76. The molecule has 3 nitrogen and oxygen atoms in total. The van der Waals surface area contributed by atoms with E-state index in [1.54, 1.807) is 0 Å². The topological polar surface area (TPSA) is 38.0 Å². The van der Waals surface area contributed by atoms with E-state index in [2.05, 4.69) is 34.9 Å². The van der Waals surface area contributed by atoms with E-state index in [1.165, 1.54) is 19.3 Å². The molecule has 0 bridgehead atoms. The molecule has 2 rings (SSSR count). The molecule has 0 spiro atoms. The second-order valence-electron chi connectivity index (χ2n) is 5.97. The van der Waals surface area contributed by atoms with Crippen molar-refractivity contribution in [3.63, 3.8) is 0 Å². The van der Waals surface area contributed by atoms with E-state index in [4.69, 9.17) is 0 Å². The Bertz CT molecular complexity index is 430. The Kier molecular flexibility index (Phi) is 5.07. The zero-order chi connectivity index (χ0) is 14.0. The summed E-state index contributed by atoms with van der Waals surface area (Å²) in [6, 6.07) is 0. The monoisotopic (exact) mass is 328 g/mol. The van der Waals surface area contributed by atoms with Gasteiger partial charge in [-0.1, -0.05) is 19.8 Å². The highest BCUT2D eigenvalue weighted by atomic mass is 79.9. The lowest BCUT2D eigenvalue weighted by Gasteiger charge is -2.30. The van der Waals surface area contributed by atoms with Crippen molar-refractivity contribution in [3.05, 3.63) is 15.9 Å². The van der Waals surface area contributed by atoms with Gasteiger partial charge in [-0.05, 0) is 54.5 Å². The van der Waals surface area contributed by atoms with Crippen LogP contribution in [0.2, 0.25) is 0 Å². The van der Waals surface area contributed by atoms with Gasteiger partial charge >= 0.3 is 0 Å². The lowest BCUT2D eigenvalue weighted by molar-refractivity contribution is 0.0702. The second kappa shape index (κ2) is 6.40. The zero-order valence-electron chi connectivity index (χ0n) is 12.2. The van der Waals surface area contributed by atoms with Crippen LogP contribution in [0, 0.1) is 18.8 Å². The van der Waals surface area contributed by atoms with E-state index in [0.717, 1.165) is 34.7 Å². The van der Waals surface area contributed by atoms with Crippen LogP contribution in [0.1, 0.15) is 50.9 Å². The number of halogens is 1. The maximum Gasteiger partial charge on any atom is 0.0738 e. The highest BCUT2D eigenvalue weighted by Crippen LogP contribution is 2.33. The van der Waals surface area contributed by atoms with Crippen LogP contribution in [0.3, 0.4) is 0 Å². The fourth-order valence-corrected chi connectivity index (χ4v) is 3.71. The van der Waals surface area contributed by atoms with Crippen molar-refractivity contribution in [2.45, 2.75) is 65.5 Å². The molecule has 0 aromatic carbocycles. The summed E-state index contributed by atoms with van der Waals surface area (Å²) < 4.78 is 3.08. The molecule has 1 aliphatic carbocycles. The Morgan fingerprint density at radius 2 is 2.21 bits per heavy atom. The van der Waals surface area contributed by atoms with Gasteiger partial charge in [0.1, 0.15) is 0 Å². The molecule has 1 fully saturated rings. The molecule has 1 aromatic rings. The maximum atomic E-state index is 10.5. The number of nitrogens with zero attached hydrogens (tertiary/aromatic N) is 2. The van der Waals surface area contributed by atoms with E-state index in [9.17, 15) is 5.11 Å². The fraction of sp³-hybridized carbons (Fsp3) is 0.800. The Morgan fingerprint density at radius 3 is 2.84 bits per heavy atom. The average Bonchev–Trinajstić information content (AvgIpc) is 2.66. The minimum atomic E-state index is -0.236. The minimum absolute atomic E-state index is 0.236. The average molecular weight is 329 g/mol. The van der Waals surface area contributed by atoms with Gasteiger partial charge < -0.3 is 5.11 Å². The van der Waals surface area contributed by atoms with Gasteiger partial charge in [-0.15, -0.1) is 0 Å². The quantitative estimate of drug-likeness (QED) is 0.915. The van der Waals surface area contributed by atoms with E-state index >= 15 is 0 Å². The SMILES string of the molecule is CCn1nc(C)c(Br)c1CC(O)C1CCCC(C)C1. The maximum absolute atomic E-state index is 10.5. The van der Waals surface area contributed by atoms with Crippen LogP contribution in [0.25, 0.3) is 0 Å². The third-order valence-corrected chi connectivity index (χ3v) is 5.41. The van der Waals surface area contributed by atoms with Crippen LogP contribution in [0.15, 0.2) is 4.47 Å². The third kappa shape index (κ3) is 3.40. The van der Waals surface area contributed by atoms with E-state index in [-0.39, 0.29) is 6.10 Å². The number of rotatable bonds is 4. The number of aliphatic hydroxyl groups excluding tert-OH is 1. The third-order valence-electron chi connectivity index (χ3n) is 4.38. The number of aryl methyl sites for hydroxylation is 2. The first-order valence-electron chi connectivity index (χ1n) is 7.42. The molecule has 19 heavy (non-hydrogen) atoms. The van der Waals surface area contributed by atoms with Crippen molar-refractivity contribution in [1.82, 2.24) is 9.78 Å². The lowest BCUT2D eigenvalue weighted by Crippen LogP contribution is -2.28. The molecular formula is C15H25BrN2O. The van der Waals surface area contributed by atoms with Crippen LogP contribution in [0.4, 0.5) is 0 Å². The molecule has 0 aliphatic heterocycles. The van der Waals surface area contributed by atoms with E-state index in [0.29, 0.717) is 12.3 Å². The van der Waals surface area contributed by atoms with Gasteiger partial charge in [0, 0.05) is 13.0 Å². The predicted octanol–water partition coefficient (Wildman–Crippen LogP) is 3.70. The normalized spacial score (nSPS) is 25.5. The van der Waals surface area contributed by atoms with Gasteiger partial charge in [0.05, 0.1) is 22.0 Å². The molecule has 3 unspecified atom stereocenters. The van der Waals surface area contributed by atoms with Crippen LogP contribution in [0.5, 0.6) is 0 Å². The molecule has 4 heteroatoms. The van der Waals surface area contributed by atoms with Crippen LogP contribution < -0.4 is 0 Å². The van der Waals surface area contributed by atoms with Crippen LogP contribution >= 0.6 is 15.9 Å². The molecular weight excluding hydrogens is 304 g/mol. The van der Waals surface area contributed by atoms with Gasteiger partial charge in [-0.3, -0.25) is 4.68 Å². The molecule has 1 aromatic heterocycles. The summed E-state index contributed by atoms with van der Waals surface area (Å²) >= 11 is 3.61.